The van der Waals surface area contributed by atoms with E-state index in [1.807, 2.05) is 6.92 Å². The van der Waals surface area contributed by atoms with Crippen molar-refractivity contribution in [2.24, 2.45) is 0 Å². The second-order valence-electron chi connectivity index (χ2n) is 4.72. The van der Waals surface area contributed by atoms with Gasteiger partial charge < -0.3 is 5.73 Å². The van der Waals surface area contributed by atoms with E-state index in [4.69, 9.17) is 5.73 Å². The van der Waals surface area contributed by atoms with E-state index in [-0.39, 0.29) is 11.5 Å². The van der Waals surface area contributed by atoms with E-state index in [2.05, 4.69) is 4.98 Å². The Morgan fingerprint density at radius 3 is 2.60 bits per heavy atom. The number of nitrogen functional groups attached to an aromatic ring is 1. The molecule has 2 N–H and O–H groups in total. The van der Waals surface area contributed by atoms with Gasteiger partial charge in [0.1, 0.15) is 11.6 Å². The molecule has 0 spiro atoms. The third-order valence-corrected chi connectivity index (χ3v) is 3.27. The molecule has 1 aromatic heterocycles. The largest absolute Gasteiger partial charge is 0.396 e. The van der Waals surface area contributed by atoms with Crippen LogP contribution in [0.3, 0.4) is 0 Å². The van der Waals surface area contributed by atoms with Gasteiger partial charge in [-0.25, -0.2) is 13.8 Å². The van der Waals surface area contributed by atoms with E-state index < -0.39 is 5.82 Å². The molecule has 0 saturated heterocycles. The fraction of sp³-hybridized carbons (Fsp3) is 0.0625. The highest BCUT2D eigenvalue weighted by atomic mass is 19.1. The Bertz CT molecular complexity index is 813. The number of fused-ring (bicyclic) bond motifs is 1. The Hall–Kier alpha value is -2.49. The molecule has 0 saturated carbocycles. The quantitative estimate of drug-likeness (QED) is 0.677. The number of nitrogens with two attached hydrogens (primary N) is 1. The van der Waals surface area contributed by atoms with Gasteiger partial charge in [0.15, 0.2) is 0 Å². The number of anilines is 1. The molecule has 3 rings (SSSR count). The zero-order valence-electron chi connectivity index (χ0n) is 10.8. The van der Waals surface area contributed by atoms with Crippen molar-refractivity contribution < 1.29 is 8.78 Å². The topological polar surface area (TPSA) is 38.9 Å². The zero-order valence-corrected chi connectivity index (χ0v) is 10.8. The molecule has 4 heteroatoms. The molecule has 2 aromatic carbocycles. The Morgan fingerprint density at radius 1 is 1.00 bits per heavy atom. The molecule has 20 heavy (non-hydrogen) atoms. The van der Waals surface area contributed by atoms with Crippen LogP contribution < -0.4 is 5.73 Å². The molecule has 0 bridgehead atoms. The van der Waals surface area contributed by atoms with Crippen LogP contribution in [0.4, 0.5) is 14.5 Å². The number of pyridine rings is 1. The van der Waals surface area contributed by atoms with Crippen LogP contribution in [0.2, 0.25) is 0 Å². The fourth-order valence-corrected chi connectivity index (χ4v) is 2.23. The van der Waals surface area contributed by atoms with Crippen molar-refractivity contribution in [3.63, 3.8) is 0 Å². The van der Waals surface area contributed by atoms with E-state index >= 15 is 0 Å². The molecule has 0 aliphatic carbocycles. The molecule has 100 valence electrons. The molecule has 0 amide bonds. The lowest BCUT2D eigenvalue weighted by Crippen LogP contribution is -1.95. The molecule has 0 radical (unpaired) electrons. The normalized spacial score (nSPS) is 10.9. The van der Waals surface area contributed by atoms with Crippen LogP contribution in [-0.4, -0.2) is 4.98 Å². The lowest BCUT2D eigenvalue weighted by atomic mass is 10.0. The summed E-state index contributed by atoms with van der Waals surface area (Å²) in [6, 6.07) is 10.9. The van der Waals surface area contributed by atoms with Gasteiger partial charge in [0, 0.05) is 10.9 Å². The lowest BCUT2D eigenvalue weighted by Gasteiger charge is -2.08. The summed E-state index contributed by atoms with van der Waals surface area (Å²) in [5, 5.41) is 0.710. The molecule has 0 fully saturated rings. The highest BCUT2D eigenvalue weighted by Gasteiger charge is 2.09. The number of rotatable bonds is 1. The summed E-state index contributed by atoms with van der Waals surface area (Å²) in [5.41, 5.74) is 8.49. The van der Waals surface area contributed by atoms with Crippen LogP contribution in [0, 0.1) is 18.6 Å². The number of aromatic nitrogens is 1. The van der Waals surface area contributed by atoms with Crippen LogP contribution in [0.1, 0.15) is 5.56 Å². The van der Waals surface area contributed by atoms with Crippen LogP contribution in [0.5, 0.6) is 0 Å². The SMILES string of the molecule is Cc1cc(N)c(F)cc1-c1ccc2cc(F)ccc2n1. The van der Waals surface area contributed by atoms with Gasteiger partial charge in [-0.3, -0.25) is 0 Å². The van der Waals surface area contributed by atoms with Crippen molar-refractivity contribution in [3.8, 4) is 11.3 Å². The minimum atomic E-state index is -0.466. The fourth-order valence-electron chi connectivity index (χ4n) is 2.23. The van der Waals surface area contributed by atoms with Crippen molar-refractivity contribution in [2.45, 2.75) is 6.92 Å². The maximum Gasteiger partial charge on any atom is 0.146 e. The predicted octanol–water partition coefficient (Wildman–Crippen LogP) is 4.07. The molecular weight excluding hydrogens is 258 g/mol. The second-order valence-corrected chi connectivity index (χ2v) is 4.72. The third kappa shape index (κ3) is 2.09. The smallest absolute Gasteiger partial charge is 0.146 e. The number of nitrogens with zero attached hydrogens (tertiary/aromatic N) is 1. The van der Waals surface area contributed by atoms with E-state index in [0.717, 1.165) is 5.56 Å². The Labute approximate surface area is 114 Å². The highest BCUT2D eigenvalue weighted by molar-refractivity contribution is 5.82. The van der Waals surface area contributed by atoms with Crippen molar-refractivity contribution in [1.29, 1.82) is 0 Å². The predicted molar refractivity (Wildman–Crippen MR) is 76.2 cm³/mol. The van der Waals surface area contributed by atoms with Crippen molar-refractivity contribution in [2.75, 3.05) is 5.73 Å². The minimum absolute atomic E-state index is 0.120. The number of halogens is 2. The molecule has 1 heterocycles. The zero-order chi connectivity index (χ0) is 14.3. The van der Waals surface area contributed by atoms with Crippen LogP contribution in [-0.2, 0) is 0 Å². The summed E-state index contributed by atoms with van der Waals surface area (Å²) in [6.45, 7) is 1.85. The third-order valence-electron chi connectivity index (χ3n) is 3.27. The Morgan fingerprint density at radius 2 is 1.80 bits per heavy atom. The monoisotopic (exact) mass is 270 g/mol. The first-order valence-electron chi connectivity index (χ1n) is 6.17. The summed E-state index contributed by atoms with van der Waals surface area (Å²) in [7, 11) is 0. The highest BCUT2D eigenvalue weighted by Crippen LogP contribution is 2.27. The number of benzene rings is 2. The molecular formula is C16H12F2N2. The molecule has 0 atom stereocenters. The Kier molecular flexibility index (Phi) is 2.86. The van der Waals surface area contributed by atoms with Gasteiger partial charge in [-0.2, -0.15) is 0 Å². The maximum absolute atomic E-state index is 13.6. The molecule has 3 aromatic rings. The van der Waals surface area contributed by atoms with Crippen LogP contribution in [0.15, 0.2) is 42.5 Å². The first-order valence-corrected chi connectivity index (χ1v) is 6.17. The van der Waals surface area contributed by atoms with Gasteiger partial charge in [0.25, 0.3) is 0 Å². The number of hydrogen-bond donors (Lipinski definition) is 1. The maximum atomic E-state index is 13.6. The summed E-state index contributed by atoms with van der Waals surface area (Å²) in [6.07, 6.45) is 0. The molecule has 0 aliphatic heterocycles. The lowest BCUT2D eigenvalue weighted by molar-refractivity contribution is 0.629. The van der Waals surface area contributed by atoms with Gasteiger partial charge in [-0.1, -0.05) is 6.07 Å². The van der Waals surface area contributed by atoms with Crippen LogP contribution >= 0.6 is 0 Å². The van der Waals surface area contributed by atoms with E-state index in [9.17, 15) is 8.78 Å². The summed E-state index contributed by atoms with van der Waals surface area (Å²) in [4.78, 5) is 4.44. The van der Waals surface area contributed by atoms with Crippen LogP contribution in [0.25, 0.3) is 22.2 Å². The molecule has 0 unspecified atom stereocenters. The van der Waals surface area contributed by atoms with Crippen molar-refractivity contribution in [1.82, 2.24) is 4.98 Å². The molecule has 0 aliphatic rings. The van der Waals surface area contributed by atoms with Crippen molar-refractivity contribution in [3.05, 3.63) is 59.7 Å². The number of aryl methyl sites for hydroxylation is 1. The summed E-state index contributed by atoms with van der Waals surface area (Å²) < 4.78 is 26.7. The van der Waals surface area contributed by atoms with Gasteiger partial charge in [0.2, 0.25) is 0 Å². The first kappa shape index (κ1) is 12.5. The van der Waals surface area contributed by atoms with E-state index in [1.165, 1.54) is 18.2 Å². The van der Waals surface area contributed by atoms with Gasteiger partial charge in [0.05, 0.1) is 16.9 Å². The number of hydrogen-bond acceptors (Lipinski definition) is 2. The first-order chi connectivity index (χ1) is 9.54. The average Bonchev–Trinajstić information content (AvgIpc) is 2.42. The van der Waals surface area contributed by atoms with Gasteiger partial charge in [-0.05, 0) is 48.9 Å². The van der Waals surface area contributed by atoms with Gasteiger partial charge >= 0.3 is 0 Å². The summed E-state index contributed by atoms with van der Waals surface area (Å²) in [5.74, 6) is -0.770. The second kappa shape index (κ2) is 4.56. The van der Waals surface area contributed by atoms with Gasteiger partial charge in [-0.15, -0.1) is 0 Å². The van der Waals surface area contributed by atoms with Crippen molar-refractivity contribution >= 4 is 16.6 Å². The molecule has 2 nitrogen and oxygen atoms in total. The van der Waals surface area contributed by atoms with E-state index in [1.54, 1.807) is 24.3 Å². The standard InChI is InChI=1S/C16H12F2N2/c1-9-6-14(19)13(18)8-12(9)16-4-2-10-7-11(17)3-5-15(10)20-16/h2-8H,19H2,1H3. The Balaban J connectivity index is 2.20. The van der Waals surface area contributed by atoms with E-state index in [0.29, 0.717) is 22.2 Å². The summed E-state index contributed by atoms with van der Waals surface area (Å²) >= 11 is 0. The average molecular weight is 270 g/mol. The minimum Gasteiger partial charge on any atom is -0.396 e.